The van der Waals surface area contributed by atoms with Crippen molar-refractivity contribution < 1.29 is 9.53 Å². The number of benzene rings is 1. The number of rotatable bonds is 4. The average molecular weight is 393 g/mol. The Bertz CT molecular complexity index is 1010. The van der Waals surface area contributed by atoms with Crippen molar-refractivity contribution in [3.8, 4) is 5.75 Å². The largest absolute Gasteiger partial charge is 0.494 e. The summed E-state index contributed by atoms with van der Waals surface area (Å²) in [5.74, 6) is 2.01. The maximum atomic E-state index is 13.2. The second-order valence-electron chi connectivity index (χ2n) is 8.62. The van der Waals surface area contributed by atoms with E-state index in [4.69, 9.17) is 9.72 Å². The third-order valence-corrected chi connectivity index (χ3v) is 6.61. The van der Waals surface area contributed by atoms with Crippen molar-refractivity contribution in [2.24, 2.45) is 0 Å². The number of ether oxygens (including phenoxy) is 1. The molecule has 2 fully saturated rings. The minimum atomic E-state index is -0.182. The summed E-state index contributed by atoms with van der Waals surface area (Å²) in [4.78, 5) is 35.8. The van der Waals surface area contributed by atoms with Gasteiger partial charge in [0.2, 0.25) is 0 Å². The van der Waals surface area contributed by atoms with Gasteiger partial charge < -0.3 is 14.6 Å². The Morgan fingerprint density at radius 3 is 3.00 bits per heavy atom. The predicted octanol–water partition coefficient (Wildman–Crippen LogP) is 3.17. The number of likely N-dealkylation sites (tertiary alicyclic amines) is 1. The molecule has 0 radical (unpaired) electrons. The summed E-state index contributed by atoms with van der Waals surface area (Å²) in [5.41, 5.74) is 2.30. The van der Waals surface area contributed by atoms with Crippen molar-refractivity contribution >= 4 is 5.91 Å². The van der Waals surface area contributed by atoms with Gasteiger partial charge in [0.15, 0.2) is 0 Å². The van der Waals surface area contributed by atoms with E-state index in [1.807, 2.05) is 36.1 Å². The molecule has 1 saturated heterocycles. The van der Waals surface area contributed by atoms with E-state index < -0.39 is 0 Å². The third-order valence-electron chi connectivity index (χ3n) is 6.61. The number of amides is 1. The summed E-state index contributed by atoms with van der Waals surface area (Å²) in [5, 5.41) is 0. The van der Waals surface area contributed by atoms with Crippen molar-refractivity contribution in [3.63, 3.8) is 0 Å². The first kappa shape index (κ1) is 18.4. The zero-order valence-electron chi connectivity index (χ0n) is 16.9. The molecule has 1 saturated carbocycles. The molecular weight excluding hydrogens is 366 g/mol. The highest BCUT2D eigenvalue weighted by Gasteiger charge is 2.46. The van der Waals surface area contributed by atoms with Gasteiger partial charge in [0, 0.05) is 35.5 Å². The van der Waals surface area contributed by atoms with Crippen LogP contribution in [0.5, 0.6) is 5.75 Å². The van der Waals surface area contributed by atoms with Gasteiger partial charge >= 0.3 is 0 Å². The van der Waals surface area contributed by atoms with Crippen LogP contribution in [-0.4, -0.2) is 40.5 Å². The van der Waals surface area contributed by atoms with E-state index in [-0.39, 0.29) is 16.9 Å². The second kappa shape index (κ2) is 7.01. The van der Waals surface area contributed by atoms with Gasteiger partial charge in [-0.15, -0.1) is 0 Å². The Labute approximate surface area is 170 Å². The Hall–Kier alpha value is -2.63. The molecule has 6 nitrogen and oxygen atoms in total. The molecule has 1 spiro atoms. The summed E-state index contributed by atoms with van der Waals surface area (Å²) in [6.07, 6.45) is 5.79. The molecule has 1 aromatic heterocycles. The van der Waals surface area contributed by atoms with Gasteiger partial charge in [-0.1, -0.05) is 6.07 Å². The SMILES string of the molecule is CCOc1cccc(C(=O)N2CCCC3(CCc4c3nc(C3CC3)[nH]c4=O)C2)c1. The van der Waals surface area contributed by atoms with Crippen LogP contribution in [0.3, 0.4) is 0 Å². The summed E-state index contributed by atoms with van der Waals surface area (Å²) in [6, 6.07) is 7.42. The van der Waals surface area contributed by atoms with Crippen LogP contribution < -0.4 is 10.3 Å². The van der Waals surface area contributed by atoms with Crippen LogP contribution in [0.15, 0.2) is 29.1 Å². The van der Waals surface area contributed by atoms with Gasteiger partial charge in [-0.25, -0.2) is 4.98 Å². The molecule has 1 atom stereocenters. The van der Waals surface area contributed by atoms with Crippen LogP contribution in [0, 0.1) is 0 Å². The molecule has 2 aromatic rings. The third kappa shape index (κ3) is 3.24. The van der Waals surface area contributed by atoms with Crippen molar-refractivity contribution in [3.05, 3.63) is 57.3 Å². The number of fused-ring (bicyclic) bond motifs is 2. The lowest BCUT2D eigenvalue weighted by Crippen LogP contribution is -2.48. The van der Waals surface area contributed by atoms with Crippen LogP contribution >= 0.6 is 0 Å². The second-order valence-corrected chi connectivity index (χ2v) is 8.62. The number of aromatic amines is 1. The first-order chi connectivity index (χ1) is 14.1. The number of piperidine rings is 1. The molecule has 1 N–H and O–H groups in total. The lowest BCUT2D eigenvalue weighted by molar-refractivity contribution is 0.0632. The molecular formula is C23H27N3O3. The van der Waals surface area contributed by atoms with E-state index in [1.54, 1.807) is 0 Å². The number of carbonyl (C=O) groups excluding carboxylic acids is 1. The minimum absolute atomic E-state index is 0.0293. The van der Waals surface area contributed by atoms with Crippen LogP contribution in [-0.2, 0) is 11.8 Å². The number of nitrogens with one attached hydrogen (secondary N) is 1. The highest BCUT2D eigenvalue weighted by Crippen LogP contribution is 2.45. The average Bonchev–Trinajstić information content (AvgIpc) is 3.53. The van der Waals surface area contributed by atoms with Gasteiger partial charge in [-0.2, -0.15) is 0 Å². The smallest absolute Gasteiger partial charge is 0.254 e. The van der Waals surface area contributed by atoms with Gasteiger partial charge in [0.05, 0.1) is 12.3 Å². The molecule has 1 aliphatic heterocycles. The number of hydrogen-bond donors (Lipinski definition) is 1. The van der Waals surface area contributed by atoms with E-state index >= 15 is 0 Å². The van der Waals surface area contributed by atoms with E-state index in [0.29, 0.717) is 24.6 Å². The molecule has 1 amide bonds. The molecule has 2 heterocycles. The number of nitrogens with zero attached hydrogens (tertiary/aromatic N) is 2. The van der Waals surface area contributed by atoms with Crippen LogP contribution in [0.2, 0.25) is 0 Å². The number of aromatic nitrogens is 2. The lowest BCUT2D eigenvalue weighted by Gasteiger charge is -2.40. The zero-order chi connectivity index (χ0) is 20.0. The van der Waals surface area contributed by atoms with Gasteiger partial charge in [0.25, 0.3) is 11.5 Å². The van der Waals surface area contributed by atoms with E-state index in [9.17, 15) is 9.59 Å². The first-order valence-electron chi connectivity index (χ1n) is 10.8. The summed E-state index contributed by atoms with van der Waals surface area (Å²) < 4.78 is 5.56. The highest BCUT2D eigenvalue weighted by molar-refractivity contribution is 5.94. The monoisotopic (exact) mass is 393 g/mol. The Morgan fingerprint density at radius 2 is 2.21 bits per heavy atom. The first-order valence-corrected chi connectivity index (χ1v) is 10.8. The summed E-state index contributed by atoms with van der Waals surface area (Å²) in [7, 11) is 0. The van der Waals surface area contributed by atoms with E-state index in [0.717, 1.165) is 67.9 Å². The van der Waals surface area contributed by atoms with Crippen molar-refractivity contribution in [2.75, 3.05) is 19.7 Å². The van der Waals surface area contributed by atoms with Crippen molar-refractivity contribution in [1.82, 2.24) is 14.9 Å². The molecule has 3 aliphatic rings. The molecule has 6 heteroatoms. The topological polar surface area (TPSA) is 75.3 Å². The number of hydrogen-bond acceptors (Lipinski definition) is 4. The van der Waals surface area contributed by atoms with E-state index in [1.165, 1.54) is 0 Å². The zero-order valence-corrected chi connectivity index (χ0v) is 16.9. The molecule has 152 valence electrons. The normalized spacial score (nSPS) is 23.3. The number of carbonyl (C=O) groups is 1. The maximum Gasteiger partial charge on any atom is 0.254 e. The molecule has 5 rings (SSSR count). The maximum absolute atomic E-state index is 13.2. The van der Waals surface area contributed by atoms with Crippen molar-refractivity contribution in [2.45, 2.75) is 56.8 Å². The van der Waals surface area contributed by atoms with Gasteiger partial charge in [0.1, 0.15) is 11.6 Å². The fraction of sp³-hybridized carbons (Fsp3) is 0.522. The molecule has 1 aromatic carbocycles. The standard InChI is InChI=1S/C23H27N3O3/c1-2-29-17-6-3-5-16(13-17)22(28)26-12-4-10-23(14-26)11-9-18-19(23)24-20(15-7-8-15)25-21(18)27/h3,5-6,13,15H,2,4,7-12,14H2,1H3,(H,24,25,27). The fourth-order valence-corrected chi connectivity index (χ4v) is 4.99. The number of H-pyrrole nitrogens is 1. The minimum Gasteiger partial charge on any atom is -0.494 e. The molecule has 1 unspecified atom stereocenters. The van der Waals surface area contributed by atoms with E-state index in [2.05, 4.69) is 4.98 Å². The Kier molecular flexibility index (Phi) is 4.45. The van der Waals surface area contributed by atoms with Crippen LogP contribution in [0.4, 0.5) is 0 Å². The summed E-state index contributed by atoms with van der Waals surface area (Å²) in [6.45, 7) is 3.89. The molecule has 2 aliphatic carbocycles. The lowest BCUT2D eigenvalue weighted by atomic mass is 9.77. The Morgan fingerprint density at radius 1 is 1.34 bits per heavy atom. The van der Waals surface area contributed by atoms with Crippen LogP contribution in [0.25, 0.3) is 0 Å². The highest BCUT2D eigenvalue weighted by atomic mass is 16.5. The molecule has 29 heavy (non-hydrogen) atoms. The van der Waals surface area contributed by atoms with Crippen LogP contribution in [0.1, 0.15) is 72.4 Å². The van der Waals surface area contributed by atoms with Crippen molar-refractivity contribution in [1.29, 1.82) is 0 Å². The fourth-order valence-electron chi connectivity index (χ4n) is 4.99. The predicted molar refractivity (Wildman–Crippen MR) is 110 cm³/mol. The Balaban J connectivity index is 1.44. The summed E-state index contributed by atoms with van der Waals surface area (Å²) >= 11 is 0. The van der Waals surface area contributed by atoms with Gasteiger partial charge in [-0.3, -0.25) is 9.59 Å². The quantitative estimate of drug-likeness (QED) is 0.866. The van der Waals surface area contributed by atoms with Gasteiger partial charge in [-0.05, 0) is 63.6 Å². The molecule has 0 bridgehead atoms.